The van der Waals surface area contributed by atoms with E-state index in [9.17, 15) is 4.79 Å². The Kier molecular flexibility index (Phi) is 4.66. The van der Waals surface area contributed by atoms with Gasteiger partial charge in [-0.15, -0.1) is 0 Å². The summed E-state index contributed by atoms with van der Waals surface area (Å²) < 4.78 is 4.98. The molecule has 18 heavy (non-hydrogen) atoms. The van der Waals surface area contributed by atoms with Crippen LogP contribution in [0.1, 0.15) is 17.0 Å². The van der Waals surface area contributed by atoms with Crippen LogP contribution in [0.5, 0.6) is 0 Å². The van der Waals surface area contributed by atoms with Crippen LogP contribution in [-0.4, -0.2) is 65.6 Å². The molecule has 0 aromatic carbocycles. The molecule has 0 aliphatic carbocycles. The van der Waals surface area contributed by atoms with E-state index in [1.165, 1.54) is 6.20 Å². The summed E-state index contributed by atoms with van der Waals surface area (Å²) in [5.74, 6) is 2.40. The van der Waals surface area contributed by atoms with Gasteiger partial charge in [0.1, 0.15) is 0 Å². The third kappa shape index (κ3) is 3.26. The van der Waals surface area contributed by atoms with Crippen LogP contribution >= 0.6 is 11.8 Å². The van der Waals surface area contributed by atoms with Crippen LogP contribution in [0.25, 0.3) is 0 Å². The molecule has 1 aromatic rings. The molecular weight excluding hydrogens is 250 g/mol. The summed E-state index contributed by atoms with van der Waals surface area (Å²) in [5.41, 5.74) is 0. The molecule has 2 heterocycles. The SMILES string of the molecule is CN(C)CC1CSCCCN1C(=O)c1ccno1. The van der Waals surface area contributed by atoms with E-state index in [4.69, 9.17) is 4.52 Å². The van der Waals surface area contributed by atoms with Crippen LogP contribution in [0.3, 0.4) is 0 Å². The Balaban J connectivity index is 2.12. The van der Waals surface area contributed by atoms with Gasteiger partial charge in [0.25, 0.3) is 5.91 Å². The highest BCUT2D eigenvalue weighted by atomic mass is 32.2. The number of carbonyl (C=O) groups is 1. The molecule has 1 aromatic heterocycles. The molecule has 0 spiro atoms. The molecule has 100 valence electrons. The fourth-order valence-electron chi connectivity index (χ4n) is 2.14. The summed E-state index contributed by atoms with van der Waals surface area (Å²) in [6.07, 6.45) is 2.55. The predicted molar refractivity (Wildman–Crippen MR) is 71.8 cm³/mol. The summed E-state index contributed by atoms with van der Waals surface area (Å²) in [6, 6.07) is 1.87. The van der Waals surface area contributed by atoms with Gasteiger partial charge in [0.2, 0.25) is 5.76 Å². The zero-order chi connectivity index (χ0) is 13.0. The van der Waals surface area contributed by atoms with Crippen molar-refractivity contribution in [3.8, 4) is 0 Å². The highest BCUT2D eigenvalue weighted by molar-refractivity contribution is 7.99. The van der Waals surface area contributed by atoms with E-state index in [1.807, 2.05) is 30.8 Å². The Morgan fingerprint density at radius 3 is 3.17 bits per heavy atom. The van der Waals surface area contributed by atoms with Gasteiger partial charge in [0.15, 0.2) is 0 Å². The van der Waals surface area contributed by atoms with Crippen molar-refractivity contribution < 1.29 is 9.32 Å². The average molecular weight is 269 g/mol. The second kappa shape index (κ2) is 6.24. The van der Waals surface area contributed by atoms with Crippen molar-refractivity contribution in [3.63, 3.8) is 0 Å². The van der Waals surface area contributed by atoms with Gasteiger partial charge in [0.05, 0.1) is 12.2 Å². The van der Waals surface area contributed by atoms with Crippen molar-refractivity contribution in [2.45, 2.75) is 12.5 Å². The molecule has 1 unspecified atom stereocenters. The molecule has 0 radical (unpaired) electrons. The molecule has 1 atom stereocenters. The number of hydrogen-bond donors (Lipinski definition) is 0. The largest absolute Gasteiger partial charge is 0.351 e. The second-order valence-electron chi connectivity index (χ2n) is 4.72. The van der Waals surface area contributed by atoms with Gasteiger partial charge in [-0.25, -0.2) is 0 Å². The number of rotatable bonds is 3. The highest BCUT2D eigenvalue weighted by Crippen LogP contribution is 2.19. The van der Waals surface area contributed by atoms with E-state index in [-0.39, 0.29) is 11.9 Å². The van der Waals surface area contributed by atoms with Crippen LogP contribution in [0.2, 0.25) is 0 Å². The van der Waals surface area contributed by atoms with Gasteiger partial charge in [-0.1, -0.05) is 5.16 Å². The standard InChI is InChI=1S/C12H19N3O2S/c1-14(2)8-10-9-18-7-3-6-15(10)12(16)11-4-5-13-17-11/h4-5,10H,3,6-9H2,1-2H3. The Hall–Kier alpha value is -1.01. The number of carbonyl (C=O) groups excluding carboxylic acids is 1. The Morgan fingerprint density at radius 2 is 2.50 bits per heavy atom. The van der Waals surface area contributed by atoms with Gasteiger partial charge < -0.3 is 14.3 Å². The summed E-state index contributed by atoms with van der Waals surface area (Å²) in [6.45, 7) is 1.68. The topological polar surface area (TPSA) is 49.6 Å². The van der Waals surface area contributed by atoms with Crippen molar-refractivity contribution in [1.29, 1.82) is 0 Å². The molecule has 2 rings (SSSR count). The van der Waals surface area contributed by atoms with E-state index in [1.54, 1.807) is 6.07 Å². The maximum absolute atomic E-state index is 12.4. The lowest BCUT2D eigenvalue weighted by Crippen LogP contribution is -2.46. The normalized spacial score (nSPS) is 21.1. The van der Waals surface area contributed by atoms with Crippen LogP contribution in [0.15, 0.2) is 16.8 Å². The quantitative estimate of drug-likeness (QED) is 0.825. The fraction of sp³-hybridized carbons (Fsp3) is 0.667. The van der Waals surface area contributed by atoms with E-state index in [0.717, 1.165) is 31.0 Å². The molecule has 0 bridgehead atoms. The summed E-state index contributed by atoms with van der Waals surface area (Å²) in [7, 11) is 4.07. The average Bonchev–Trinajstić information content (AvgIpc) is 2.76. The van der Waals surface area contributed by atoms with Crippen molar-refractivity contribution in [2.75, 3.05) is 38.7 Å². The Bertz CT molecular complexity index is 381. The number of nitrogens with zero attached hydrogens (tertiary/aromatic N) is 3. The highest BCUT2D eigenvalue weighted by Gasteiger charge is 2.28. The fourth-order valence-corrected chi connectivity index (χ4v) is 3.19. The third-order valence-corrected chi connectivity index (χ3v) is 4.12. The Morgan fingerprint density at radius 1 is 1.67 bits per heavy atom. The number of amides is 1. The summed E-state index contributed by atoms with van der Waals surface area (Å²) >= 11 is 1.92. The predicted octanol–water partition coefficient (Wildman–Crippen LogP) is 1.18. The molecule has 1 amide bonds. The van der Waals surface area contributed by atoms with Crippen molar-refractivity contribution in [1.82, 2.24) is 15.0 Å². The van der Waals surface area contributed by atoms with E-state index >= 15 is 0 Å². The van der Waals surface area contributed by atoms with E-state index in [2.05, 4.69) is 10.1 Å². The zero-order valence-corrected chi connectivity index (χ0v) is 11.7. The van der Waals surface area contributed by atoms with Crippen LogP contribution in [0.4, 0.5) is 0 Å². The Labute approximate surface area is 111 Å². The molecule has 6 heteroatoms. The van der Waals surface area contributed by atoms with Crippen LogP contribution in [-0.2, 0) is 0 Å². The molecule has 0 N–H and O–H groups in total. The lowest BCUT2D eigenvalue weighted by atomic mass is 10.2. The van der Waals surface area contributed by atoms with Crippen molar-refractivity contribution in [3.05, 3.63) is 18.0 Å². The lowest BCUT2D eigenvalue weighted by molar-refractivity contribution is 0.0633. The minimum Gasteiger partial charge on any atom is -0.351 e. The van der Waals surface area contributed by atoms with E-state index in [0.29, 0.717) is 5.76 Å². The van der Waals surface area contributed by atoms with Gasteiger partial charge in [-0.05, 0) is 26.3 Å². The second-order valence-corrected chi connectivity index (χ2v) is 5.87. The zero-order valence-electron chi connectivity index (χ0n) is 10.8. The summed E-state index contributed by atoms with van der Waals surface area (Å²) in [5, 5.41) is 3.61. The number of thioether (sulfide) groups is 1. The van der Waals surface area contributed by atoms with Crippen molar-refractivity contribution >= 4 is 17.7 Å². The molecule has 0 saturated carbocycles. The van der Waals surface area contributed by atoms with Gasteiger partial charge in [-0.3, -0.25) is 4.79 Å². The monoisotopic (exact) mass is 269 g/mol. The first-order valence-corrected chi connectivity index (χ1v) is 7.28. The first-order chi connectivity index (χ1) is 8.68. The molecule has 1 aliphatic rings. The van der Waals surface area contributed by atoms with Gasteiger partial charge in [-0.2, -0.15) is 11.8 Å². The third-order valence-electron chi connectivity index (χ3n) is 2.92. The molecule has 1 fully saturated rings. The molecule has 1 aliphatic heterocycles. The first-order valence-electron chi connectivity index (χ1n) is 6.12. The number of likely N-dealkylation sites (N-methyl/N-ethyl adjacent to an activating group) is 1. The summed E-state index contributed by atoms with van der Waals surface area (Å²) in [4.78, 5) is 16.4. The van der Waals surface area contributed by atoms with Gasteiger partial charge >= 0.3 is 0 Å². The minimum atomic E-state index is -0.0400. The lowest BCUT2D eigenvalue weighted by Gasteiger charge is -2.30. The maximum atomic E-state index is 12.4. The molecular formula is C12H19N3O2S. The van der Waals surface area contributed by atoms with Crippen LogP contribution in [0, 0.1) is 0 Å². The first kappa shape index (κ1) is 13.4. The smallest absolute Gasteiger partial charge is 0.292 e. The maximum Gasteiger partial charge on any atom is 0.292 e. The molecule has 5 nitrogen and oxygen atoms in total. The van der Waals surface area contributed by atoms with Gasteiger partial charge in [0, 0.05) is 24.9 Å². The molecule has 1 saturated heterocycles. The minimum absolute atomic E-state index is 0.0400. The van der Waals surface area contributed by atoms with Crippen molar-refractivity contribution in [2.24, 2.45) is 0 Å². The number of hydrogen-bond acceptors (Lipinski definition) is 5. The van der Waals surface area contributed by atoms with Crippen LogP contribution < -0.4 is 0 Å². The number of aromatic nitrogens is 1. The van der Waals surface area contributed by atoms with E-state index < -0.39 is 0 Å².